The topological polar surface area (TPSA) is 69.7 Å². The molecule has 2 aromatic carbocycles. The van der Waals surface area contributed by atoms with Crippen LogP contribution in [0.3, 0.4) is 0 Å². The fourth-order valence-corrected chi connectivity index (χ4v) is 6.14. The second-order valence-electron chi connectivity index (χ2n) is 8.76. The maximum Gasteiger partial charge on any atom is 0.267 e. The summed E-state index contributed by atoms with van der Waals surface area (Å²) in [6.45, 7) is 2.58. The van der Waals surface area contributed by atoms with E-state index >= 15 is 0 Å². The van der Waals surface area contributed by atoms with Crippen LogP contribution in [0.25, 0.3) is 5.57 Å². The maximum atomic E-state index is 13.6. The van der Waals surface area contributed by atoms with Gasteiger partial charge in [0.25, 0.3) is 11.8 Å². The molecule has 0 aromatic heterocycles. The summed E-state index contributed by atoms with van der Waals surface area (Å²) in [5, 5.41) is 2.83. The van der Waals surface area contributed by atoms with Crippen molar-refractivity contribution in [2.45, 2.75) is 45.4 Å². The molecule has 6 nitrogen and oxygen atoms in total. The van der Waals surface area contributed by atoms with Gasteiger partial charge in [0, 0.05) is 22.3 Å². The number of benzene rings is 2. The van der Waals surface area contributed by atoms with Gasteiger partial charge in [0.15, 0.2) is 0 Å². The second-order valence-corrected chi connectivity index (χ2v) is 11.3. The van der Waals surface area contributed by atoms with E-state index in [0.29, 0.717) is 38.3 Å². The van der Waals surface area contributed by atoms with E-state index in [1.54, 1.807) is 23.1 Å². The minimum Gasteiger partial charge on any atom is -0.324 e. The number of carbonyl (C=O) groups is 3. The number of nitrogens with zero attached hydrogens (tertiary/aromatic N) is 2. The largest absolute Gasteiger partial charge is 0.324 e. The smallest absolute Gasteiger partial charge is 0.267 e. The van der Waals surface area contributed by atoms with Gasteiger partial charge >= 0.3 is 0 Å². The van der Waals surface area contributed by atoms with E-state index < -0.39 is 0 Å². The molecule has 36 heavy (non-hydrogen) atoms. The molecule has 3 amide bonds. The van der Waals surface area contributed by atoms with Crippen LogP contribution >= 0.6 is 39.9 Å². The highest BCUT2D eigenvalue weighted by molar-refractivity contribution is 9.10. The molecule has 0 atom stereocenters. The molecule has 1 N–H and O–H groups in total. The van der Waals surface area contributed by atoms with Gasteiger partial charge in [-0.3, -0.25) is 24.2 Å². The number of halogens is 1. The summed E-state index contributed by atoms with van der Waals surface area (Å²) in [7, 11) is 0. The van der Waals surface area contributed by atoms with Crippen LogP contribution in [0.5, 0.6) is 0 Å². The Balaban J connectivity index is 1.51. The molecule has 0 radical (unpaired) electrons. The number of unbranched alkanes of at least 4 members (excludes halogenated alkanes) is 5. The van der Waals surface area contributed by atoms with Gasteiger partial charge < -0.3 is 5.32 Å². The molecule has 2 aliphatic rings. The molecule has 0 saturated carbocycles. The second kappa shape index (κ2) is 12.2. The summed E-state index contributed by atoms with van der Waals surface area (Å²) in [6, 6.07) is 14.5. The van der Waals surface area contributed by atoms with Crippen molar-refractivity contribution in [3.05, 3.63) is 63.5 Å². The Labute approximate surface area is 229 Å². The Bertz CT molecular complexity index is 1230. The van der Waals surface area contributed by atoms with Gasteiger partial charge in [-0.1, -0.05) is 103 Å². The van der Waals surface area contributed by atoms with Crippen molar-refractivity contribution in [3.63, 3.8) is 0 Å². The quantitative estimate of drug-likeness (QED) is 0.199. The highest BCUT2D eigenvalue weighted by Crippen LogP contribution is 2.44. The Hall–Kier alpha value is -2.49. The molecule has 2 aliphatic heterocycles. The van der Waals surface area contributed by atoms with Crippen LogP contribution in [0, 0.1) is 0 Å². The van der Waals surface area contributed by atoms with E-state index in [1.807, 2.05) is 30.3 Å². The molecular formula is C27H28BrN3O3S2. The fraction of sp³-hybridized carbons (Fsp3) is 0.333. The zero-order chi connectivity index (χ0) is 25.7. The number of hydrogen-bond donors (Lipinski definition) is 1. The van der Waals surface area contributed by atoms with Crippen molar-refractivity contribution in [1.29, 1.82) is 0 Å². The highest BCUT2D eigenvalue weighted by atomic mass is 79.9. The Morgan fingerprint density at radius 3 is 2.50 bits per heavy atom. The van der Waals surface area contributed by atoms with Crippen molar-refractivity contribution in [2.75, 3.05) is 23.3 Å². The Morgan fingerprint density at radius 2 is 1.72 bits per heavy atom. The average molecular weight is 587 g/mol. The first-order chi connectivity index (χ1) is 17.4. The predicted octanol–water partition coefficient (Wildman–Crippen LogP) is 6.37. The van der Waals surface area contributed by atoms with Crippen LogP contribution in [-0.2, 0) is 14.4 Å². The first kappa shape index (κ1) is 26.6. The van der Waals surface area contributed by atoms with Crippen molar-refractivity contribution in [2.24, 2.45) is 0 Å². The number of rotatable bonds is 10. The lowest BCUT2D eigenvalue weighted by Gasteiger charge is -2.17. The highest BCUT2D eigenvalue weighted by Gasteiger charge is 2.42. The number of thioether (sulfide) groups is 1. The van der Waals surface area contributed by atoms with Crippen LogP contribution in [0.15, 0.2) is 57.9 Å². The summed E-state index contributed by atoms with van der Waals surface area (Å²) in [5.74, 6) is -0.911. The van der Waals surface area contributed by atoms with E-state index in [9.17, 15) is 14.4 Å². The third-order valence-corrected chi connectivity index (χ3v) is 8.09. The van der Waals surface area contributed by atoms with Gasteiger partial charge in [-0.15, -0.1) is 0 Å². The van der Waals surface area contributed by atoms with E-state index in [4.69, 9.17) is 12.2 Å². The average Bonchev–Trinajstić information content (AvgIpc) is 3.28. The van der Waals surface area contributed by atoms with E-state index in [-0.39, 0.29) is 24.3 Å². The summed E-state index contributed by atoms with van der Waals surface area (Å²) < 4.78 is 1.32. The first-order valence-electron chi connectivity index (χ1n) is 12.1. The molecule has 0 spiro atoms. The van der Waals surface area contributed by atoms with Gasteiger partial charge in [-0.25, -0.2) is 0 Å². The summed E-state index contributed by atoms with van der Waals surface area (Å²) in [6.07, 6.45) is 6.70. The molecule has 1 fully saturated rings. The molecule has 2 heterocycles. The number of hydrogen-bond acceptors (Lipinski definition) is 5. The normalized spacial score (nSPS) is 17.2. The predicted molar refractivity (Wildman–Crippen MR) is 154 cm³/mol. The third kappa shape index (κ3) is 5.90. The fourth-order valence-electron chi connectivity index (χ4n) is 4.36. The van der Waals surface area contributed by atoms with Gasteiger partial charge in [0.1, 0.15) is 10.9 Å². The monoisotopic (exact) mass is 585 g/mol. The molecule has 0 unspecified atom stereocenters. The molecular weight excluding hydrogens is 558 g/mol. The minimum atomic E-state index is -0.361. The zero-order valence-electron chi connectivity index (χ0n) is 20.1. The standard InChI is InChI=1S/C27H28BrN3O3S2/c1-2-3-4-5-6-9-15-30-26(34)24(36-27(30)35)23-20-13-7-8-14-21(20)31(25(23)33)17-22(32)29-19-12-10-11-18(28)16-19/h7-8,10-14,16H,2-6,9,15,17H2,1H3,(H,29,32). The number of amides is 3. The number of thiocarbonyl (C=S) groups is 1. The Kier molecular flexibility index (Phi) is 8.98. The van der Waals surface area contributed by atoms with Crippen molar-refractivity contribution in [3.8, 4) is 0 Å². The number of anilines is 2. The SMILES string of the molecule is CCCCCCCCN1C(=O)C(=C2C(=O)N(CC(=O)Nc3cccc(Br)c3)c3ccccc32)SC1=S. The van der Waals surface area contributed by atoms with Crippen molar-refractivity contribution in [1.82, 2.24) is 4.90 Å². The van der Waals surface area contributed by atoms with Gasteiger partial charge in [0.2, 0.25) is 5.91 Å². The van der Waals surface area contributed by atoms with Crippen LogP contribution in [0.1, 0.15) is 51.0 Å². The summed E-state index contributed by atoms with van der Waals surface area (Å²) in [4.78, 5) is 43.1. The van der Waals surface area contributed by atoms with Gasteiger partial charge in [0.05, 0.1) is 16.2 Å². The summed E-state index contributed by atoms with van der Waals surface area (Å²) >= 11 is 10.1. The molecule has 0 bridgehead atoms. The lowest BCUT2D eigenvalue weighted by Crippen LogP contribution is -2.35. The number of fused-ring (bicyclic) bond motifs is 1. The van der Waals surface area contributed by atoms with Gasteiger partial charge in [-0.2, -0.15) is 0 Å². The van der Waals surface area contributed by atoms with Crippen molar-refractivity contribution < 1.29 is 14.4 Å². The molecule has 4 rings (SSSR count). The van der Waals surface area contributed by atoms with E-state index in [1.165, 1.54) is 35.9 Å². The number of nitrogens with one attached hydrogen (secondary N) is 1. The number of carbonyl (C=O) groups excluding carboxylic acids is 3. The minimum absolute atomic E-state index is 0.163. The maximum absolute atomic E-state index is 13.6. The molecule has 2 aromatic rings. The van der Waals surface area contributed by atoms with Crippen LogP contribution in [0.2, 0.25) is 0 Å². The van der Waals surface area contributed by atoms with Crippen LogP contribution in [-0.4, -0.2) is 40.0 Å². The number of para-hydroxylation sites is 1. The Morgan fingerprint density at radius 1 is 0.972 bits per heavy atom. The summed E-state index contributed by atoms with van der Waals surface area (Å²) in [5.41, 5.74) is 2.22. The van der Waals surface area contributed by atoms with E-state index in [0.717, 1.165) is 23.7 Å². The molecule has 9 heteroatoms. The first-order valence-corrected chi connectivity index (χ1v) is 14.2. The lowest BCUT2D eigenvalue weighted by molar-refractivity contribution is -0.122. The molecule has 1 saturated heterocycles. The van der Waals surface area contributed by atoms with E-state index in [2.05, 4.69) is 28.2 Å². The van der Waals surface area contributed by atoms with Crippen LogP contribution < -0.4 is 10.2 Å². The third-order valence-electron chi connectivity index (χ3n) is 6.14. The van der Waals surface area contributed by atoms with Crippen molar-refractivity contribution >= 4 is 78.9 Å². The van der Waals surface area contributed by atoms with Gasteiger partial charge in [-0.05, 0) is 30.7 Å². The molecule has 0 aliphatic carbocycles. The molecule has 188 valence electrons. The zero-order valence-corrected chi connectivity index (χ0v) is 23.3. The lowest BCUT2D eigenvalue weighted by atomic mass is 10.1. The van der Waals surface area contributed by atoms with Crippen LogP contribution in [0.4, 0.5) is 11.4 Å².